The number of hydrogen-bond donors (Lipinski definition) is 0. The molecule has 1 rings (SSSR count). The minimum absolute atomic E-state index is 0.146. The Balaban J connectivity index is 2.96. The van der Waals surface area contributed by atoms with Crippen LogP contribution in [-0.2, 0) is 5.54 Å². The zero-order chi connectivity index (χ0) is 7.78. The second-order valence-electron chi connectivity index (χ2n) is 3.41. The SMILES string of the molecule is CC(C)(C)n1ccc(Cl)c1. The Morgan fingerprint density at radius 2 is 2.00 bits per heavy atom. The van der Waals surface area contributed by atoms with E-state index in [0.717, 1.165) is 5.02 Å². The van der Waals surface area contributed by atoms with Gasteiger partial charge in [0.25, 0.3) is 0 Å². The zero-order valence-electron chi connectivity index (χ0n) is 6.56. The molecule has 2 heteroatoms. The summed E-state index contributed by atoms with van der Waals surface area (Å²) in [7, 11) is 0. The predicted molar refractivity (Wildman–Crippen MR) is 44.4 cm³/mol. The monoisotopic (exact) mass is 157 g/mol. The molecule has 0 unspecified atom stereocenters. The maximum absolute atomic E-state index is 5.75. The lowest BCUT2D eigenvalue weighted by atomic mass is 10.1. The van der Waals surface area contributed by atoms with Crippen molar-refractivity contribution in [1.29, 1.82) is 0 Å². The van der Waals surface area contributed by atoms with Crippen LogP contribution in [0.3, 0.4) is 0 Å². The van der Waals surface area contributed by atoms with Crippen LogP contribution in [0.15, 0.2) is 18.5 Å². The van der Waals surface area contributed by atoms with Crippen molar-refractivity contribution in [2.75, 3.05) is 0 Å². The summed E-state index contributed by atoms with van der Waals surface area (Å²) in [6, 6.07) is 1.90. The smallest absolute Gasteiger partial charge is 0.0582 e. The first-order valence-electron chi connectivity index (χ1n) is 3.34. The van der Waals surface area contributed by atoms with E-state index >= 15 is 0 Å². The Kier molecular flexibility index (Phi) is 1.78. The molecule has 0 amide bonds. The highest BCUT2D eigenvalue weighted by Gasteiger charge is 2.10. The van der Waals surface area contributed by atoms with Crippen LogP contribution in [0.4, 0.5) is 0 Å². The van der Waals surface area contributed by atoms with E-state index in [1.807, 2.05) is 18.5 Å². The Hall–Kier alpha value is -0.430. The second-order valence-corrected chi connectivity index (χ2v) is 3.84. The molecule has 0 aliphatic carbocycles. The minimum atomic E-state index is 0.146. The molecule has 0 aliphatic heterocycles. The molecule has 0 fully saturated rings. The van der Waals surface area contributed by atoms with E-state index in [9.17, 15) is 0 Å². The summed E-state index contributed by atoms with van der Waals surface area (Å²) >= 11 is 5.75. The third kappa shape index (κ3) is 1.54. The summed E-state index contributed by atoms with van der Waals surface area (Å²) in [5.74, 6) is 0. The quantitative estimate of drug-likeness (QED) is 0.546. The molecule has 0 aliphatic rings. The van der Waals surface area contributed by atoms with E-state index in [0.29, 0.717) is 0 Å². The normalized spacial score (nSPS) is 12.0. The molecule has 0 spiro atoms. The van der Waals surface area contributed by atoms with Crippen molar-refractivity contribution in [3.05, 3.63) is 23.5 Å². The van der Waals surface area contributed by atoms with Crippen molar-refractivity contribution in [3.63, 3.8) is 0 Å². The van der Waals surface area contributed by atoms with Crippen molar-refractivity contribution >= 4 is 11.6 Å². The average Bonchev–Trinajstić information content (AvgIpc) is 2.11. The summed E-state index contributed by atoms with van der Waals surface area (Å²) < 4.78 is 2.09. The molecule has 1 nitrogen and oxygen atoms in total. The van der Waals surface area contributed by atoms with Gasteiger partial charge in [0.1, 0.15) is 0 Å². The Morgan fingerprint density at radius 1 is 1.40 bits per heavy atom. The van der Waals surface area contributed by atoms with Crippen LogP contribution >= 0.6 is 11.6 Å². The molecular formula is C8H12ClN. The lowest BCUT2D eigenvalue weighted by molar-refractivity contribution is 0.398. The molecule has 0 N–H and O–H groups in total. The first-order valence-corrected chi connectivity index (χ1v) is 3.72. The molecule has 1 heterocycles. The fourth-order valence-electron chi connectivity index (χ4n) is 0.788. The van der Waals surface area contributed by atoms with Gasteiger partial charge in [-0.3, -0.25) is 0 Å². The summed E-state index contributed by atoms with van der Waals surface area (Å²) in [6.07, 6.45) is 3.92. The highest BCUT2D eigenvalue weighted by atomic mass is 35.5. The summed E-state index contributed by atoms with van der Waals surface area (Å²) in [5, 5.41) is 0.801. The fraction of sp³-hybridized carbons (Fsp3) is 0.500. The van der Waals surface area contributed by atoms with Crippen molar-refractivity contribution in [3.8, 4) is 0 Å². The maximum atomic E-state index is 5.75. The first-order chi connectivity index (χ1) is 4.50. The Labute approximate surface area is 66.6 Å². The topological polar surface area (TPSA) is 4.93 Å². The van der Waals surface area contributed by atoms with Gasteiger partial charge >= 0.3 is 0 Å². The lowest BCUT2D eigenvalue weighted by Crippen LogP contribution is -2.19. The first kappa shape index (κ1) is 7.67. The highest BCUT2D eigenvalue weighted by molar-refractivity contribution is 6.30. The van der Waals surface area contributed by atoms with Gasteiger partial charge in [0.15, 0.2) is 0 Å². The number of rotatable bonds is 0. The zero-order valence-corrected chi connectivity index (χ0v) is 7.31. The van der Waals surface area contributed by atoms with E-state index in [1.165, 1.54) is 0 Å². The molecular weight excluding hydrogens is 146 g/mol. The molecule has 0 radical (unpaired) electrons. The third-order valence-electron chi connectivity index (χ3n) is 1.43. The Morgan fingerprint density at radius 3 is 2.20 bits per heavy atom. The van der Waals surface area contributed by atoms with Crippen LogP contribution in [0.1, 0.15) is 20.8 Å². The van der Waals surface area contributed by atoms with Gasteiger partial charge in [0, 0.05) is 17.9 Å². The van der Waals surface area contributed by atoms with Gasteiger partial charge in [-0.25, -0.2) is 0 Å². The highest BCUT2D eigenvalue weighted by Crippen LogP contribution is 2.17. The van der Waals surface area contributed by atoms with Crippen LogP contribution in [0, 0.1) is 0 Å². The third-order valence-corrected chi connectivity index (χ3v) is 1.65. The van der Waals surface area contributed by atoms with Gasteiger partial charge in [-0.05, 0) is 26.8 Å². The predicted octanol–water partition coefficient (Wildman–Crippen LogP) is 2.90. The van der Waals surface area contributed by atoms with E-state index in [-0.39, 0.29) is 5.54 Å². The van der Waals surface area contributed by atoms with E-state index in [1.54, 1.807) is 0 Å². The van der Waals surface area contributed by atoms with E-state index in [4.69, 9.17) is 11.6 Å². The molecule has 56 valence electrons. The summed E-state index contributed by atoms with van der Waals surface area (Å²) in [5.41, 5.74) is 0.146. The number of halogens is 1. The van der Waals surface area contributed by atoms with Gasteiger partial charge in [-0.2, -0.15) is 0 Å². The molecule has 0 atom stereocenters. The van der Waals surface area contributed by atoms with E-state index < -0.39 is 0 Å². The standard InChI is InChI=1S/C8H12ClN/c1-8(2,3)10-5-4-7(9)6-10/h4-6H,1-3H3. The number of nitrogens with zero attached hydrogens (tertiary/aromatic N) is 1. The van der Waals surface area contributed by atoms with Crippen LogP contribution in [0.25, 0.3) is 0 Å². The Bertz CT molecular complexity index is 219. The molecule has 1 aromatic rings. The maximum Gasteiger partial charge on any atom is 0.0582 e. The molecule has 0 aromatic carbocycles. The number of aromatic nitrogens is 1. The van der Waals surface area contributed by atoms with Crippen molar-refractivity contribution in [1.82, 2.24) is 4.57 Å². The lowest BCUT2D eigenvalue weighted by Gasteiger charge is -2.20. The largest absolute Gasteiger partial charge is 0.348 e. The molecule has 0 saturated heterocycles. The molecule has 1 aromatic heterocycles. The van der Waals surface area contributed by atoms with Crippen LogP contribution in [0.2, 0.25) is 5.02 Å². The van der Waals surface area contributed by atoms with Crippen molar-refractivity contribution in [2.45, 2.75) is 26.3 Å². The van der Waals surface area contributed by atoms with Crippen LogP contribution in [0.5, 0.6) is 0 Å². The van der Waals surface area contributed by atoms with E-state index in [2.05, 4.69) is 25.3 Å². The molecule has 0 bridgehead atoms. The summed E-state index contributed by atoms with van der Waals surface area (Å²) in [4.78, 5) is 0. The van der Waals surface area contributed by atoms with Crippen molar-refractivity contribution < 1.29 is 0 Å². The van der Waals surface area contributed by atoms with Crippen molar-refractivity contribution in [2.24, 2.45) is 0 Å². The average molecular weight is 158 g/mol. The van der Waals surface area contributed by atoms with Crippen LogP contribution in [-0.4, -0.2) is 4.57 Å². The van der Waals surface area contributed by atoms with Crippen LogP contribution < -0.4 is 0 Å². The fourth-order valence-corrected chi connectivity index (χ4v) is 0.949. The second kappa shape index (κ2) is 2.31. The molecule has 10 heavy (non-hydrogen) atoms. The van der Waals surface area contributed by atoms with Gasteiger partial charge in [0.05, 0.1) is 5.02 Å². The van der Waals surface area contributed by atoms with Gasteiger partial charge in [-0.1, -0.05) is 11.6 Å². The minimum Gasteiger partial charge on any atom is -0.348 e. The summed E-state index contributed by atoms with van der Waals surface area (Å²) in [6.45, 7) is 6.43. The van der Waals surface area contributed by atoms with Gasteiger partial charge in [0.2, 0.25) is 0 Å². The van der Waals surface area contributed by atoms with Gasteiger partial charge < -0.3 is 4.57 Å². The molecule has 0 saturated carbocycles. The number of hydrogen-bond acceptors (Lipinski definition) is 0. The van der Waals surface area contributed by atoms with Gasteiger partial charge in [-0.15, -0.1) is 0 Å².